The molecule has 0 aliphatic heterocycles. The summed E-state index contributed by atoms with van der Waals surface area (Å²) in [7, 11) is -3.66. The highest BCUT2D eigenvalue weighted by Gasteiger charge is 2.17. The first kappa shape index (κ1) is 20.2. The quantitative estimate of drug-likeness (QED) is 0.603. The summed E-state index contributed by atoms with van der Waals surface area (Å²) in [6.07, 6.45) is -0.210. The Morgan fingerprint density at radius 2 is 1.82 bits per heavy atom. The predicted molar refractivity (Wildman–Crippen MR) is 109 cm³/mol. The lowest BCUT2D eigenvalue weighted by Gasteiger charge is -2.05. The summed E-state index contributed by atoms with van der Waals surface area (Å²) in [5.74, 6) is -1.31. The summed E-state index contributed by atoms with van der Waals surface area (Å²) in [6, 6.07) is 10.6. The minimum Gasteiger partial charge on any atom is -0.302 e. The number of aryl methyl sites for hydroxylation is 2. The van der Waals surface area contributed by atoms with E-state index in [1.165, 1.54) is 29.0 Å². The highest BCUT2D eigenvalue weighted by Crippen LogP contribution is 2.26. The third-order valence-corrected chi connectivity index (χ3v) is 6.81. The fourth-order valence-electron chi connectivity index (χ4n) is 2.53. The van der Waals surface area contributed by atoms with Crippen LogP contribution in [0.1, 0.15) is 17.5 Å². The van der Waals surface area contributed by atoms with Gasteiger partial charge in [-0.05, 0) is 55.3 Å². The highest BCUT2D eigenvalue weighted by molar-refractivity contribution is 7.91. The fraction of sp³-hybridized carbons (Fsp3) is 0.200. The number of carbonyl (C=O) groups excluding carboxylic acids is 1. The van der Waals surface area contributed by atoms with Gasteiger partial charge in [0.25, 0.3) is 0 Å². The average Bonchev–Trinajstić information content (AvgIpc) is 3.11. The molecule has 0 aliphatic rings. The molecule has 5 nitrogen and oxygen atoms in total. The summed E-state index contributed by atoms with van der Waals surface area (Å²) < 4.78 is 37.4. The lowest BCUT2D eigenvalue weighted by molar-refractivity contribution is -0.115. The number of hydrogen-bond acceptors (Lipinski definition) is 5. The van der Waals surface area contributed by atoms with E-state index < -0.39 is 21.6 Å². The maximum absolute atomic E-state index is 12.9. The van der Waals surface area contributed by atoms with Crippen molar-refractivity contribution >= 4 is 32.2 Å². The molecule has 3 rings (SSSR count). The number of amides is 1. The Labute approximate surface area is 167 Å². The Hall–Kier alpha value is -2.58. The van der Waals surface area contributed by atoms with Crippen molar-refractivity contribution in [3.63, 3.8) is 0 Å². The van der Waals surface area contributed by atoms with E-state index in [1.54, 1.807) is 0 Å². The van der Waals surface area contributed by atoms with Crippen molar-refractivity contribution in [2.24, 2.45) is 0 Å². The number of sulfone groups is 1. The minimum atomic E-state index is -3.66. The van der Waals surface area contributed by atoms with Crippen LogP contribution in [0.15, 0.2) is 52.7 Å². The van der Waals surface area contributed by atoms with E-state index in [4.69, 9.17) is 0 Å². The molecule has 3 aromatic rings. The van der Waals surface area contributed by atoms with Gasteiger partial charge < -0.3 is 5.32 Å². The smallest absolute Gasteiger partial charge is 0.227 e. The Balaban J connectivity index is 1.61. The number of halogens is 1. The number of hydrogen-bond donors (Lipinski definition) is 1. The normalized spacial score (nSPS) is 11.4. The summed E-state index contributed by atoms with van der Waals surface area (Å²) in [4.78, 5) is 16.5. The van der Waals surface area contributed by atoms with Crippen LogP contribution in [-0.2, 0) is 14.6 Å². The molecule has 1 amide bonds. The molecule has 0 atom stereocenters. The minimum absolute atomic E-state index is 0.00650. The second kappa shape index (κ2) is 8.20. The molecule has 28 heavy (non-hydrogen) atoms. The van der Waals surface area contributed by atoms with Crippen LogP contribution in [0.25, 0.3) is 11.3 Å². The van der Waals surface area contributed by atoms with Crippen molar-refractivity contribution in [1.82, 2.24) is 4.98 Å². The third-order valence-electron chi connectivity index (χ3n) is 4.32. The zero-order valence-corrected chi connectivity index (χ0v) is 17.0. The first-order chi connectivity index (χ1) is 13.2. The number of nitrogens with zero attached hydrogens (tertiary/aromatic N) is 1. The van der Waals surface area contributed by atoms with Gasteiger partial charge in [0.05, 0.1) is 16.3 Å². The summed E-state index contributed by atoms with van der Waals surface area (Å²) in [5.41, 5.74) is 4.05. The van der Waals surface area contributed by atoms with Crippen molar-refractivity contribution in [3.8, 4) is 11.3 Å². The molecule has 1 heterocycles. The highest BCUT2D eigenvalue weighted by atomic mass is 32.2. The van der Waals surface area contributed by atoms with Crippen LogP contribution in [0.3, 0.4) is 0 Å². The fourth-order valence-corrected chi connectivity index (χ4v) is 4.51. The standard InChI is InChI=1S/C20H19FN2O3S2/c1-13-3-4-15(11-14(13)2)18-12-27-20(22-18)23-19(24)9-10-28(25,26)17-7-5-16(21)6-8-17/h3-8,11-12H,9-10H2,1-2H3,(H,22,23,24). The number of carbonyl (C=O) groups is 1. The van der Waals surface area contributed by atoms with Crippen LogP contribution < -0.4 is 5.32 Å². The van der Waals surface area contributed by atoms with E-state index >= 15 is 0 Å². The molecule has 0 saturated heterocycles. The summed E-state index contributed by atoms with van der Waals surface area (Å²) in [6.45, 7) is 4.06. The first-order valence-corrected chi connectivity index (χ1v) is 11.1. The Bertz CT molecular complexity index is 1110. The van der Waals surface area contributed by atoms with Crippen LogP contribution in [0.5, 0.6) is 0 Å². The van der Waals surface area contributed by atoms with Crippen molar-refractivity contribution in [3.05, 3.63) is 64.8 Å². The maximum Gasteiger partial charge on any atom is 0.227 e. The Kier molecular flexibility index (Phi) is 5.90. The Morgan fingerprint density at radius 3 is 2.50 bits per heavy atom. The van der Waals surface area contributed by atoms with Crippen molar-refractivity contribution in [2.75, 3.05) is 11.1 Å². The maximum atomic E-state index is 12.9. The van der Waals surface area contributed by atoms with Crippen molar-refractivity contribution in [1.29, 1.82) is 0 Å². The topological polar surface area (TPSA) is 76.1 Å². The van der Waals surface area contributed by atoms with Gasteiger partial charge in [-0.25, -0.2) is 17.8 Å². The number of rotatable bonds is 6. The second-order valence-corrected chi connectivity index (χ2v) is 9.38. The molecule has 1 N–H and O–H groups in total. The number of aromatic nitrogens is 1. The van der Waals surface area contributed by atoms with E-state index in [9.17, 15) is 17.6 Å². The van der Waals surface area contributed by atoms with Gasteiger partial charge in [0.15, 0.2) is 15.0 Å². The van der Waals surface area contributed by atoms with Gasteiger partial charge in [-0.2, -0.15) is 0 Å². The molecule has 0 spiro atoms. The molecule has 0 fully saturated rings. The van der Waals surface area contributed by atoms with Gasteiger partial charge in [0, 0.05) is 17.4 Å². The van der Waals surface area contributed by atoms with Crippen LogP contribution in [0, 0.1) is 19.7 Å². The van der Waals surface area contributed by atoms with Crippen molar-refractivity contribution < 1.29 is 17.6 Å². The predicted octanol–water partition coefficient (Wildman–Crippen LogP) is 4.37. The van der Waals surface area contributed by atoms with Gasteiger partial charge in [-0.3, -0.25) is 4.79 Å². The first-order valence-electron chi connectivity index (χ1n) is 8.56. The second-order valence-electron chi connectivity index (χ2n) is 6.41. The van der Waals surface area contributed by atoms with Gasteiger partial charge in [-0.15, -0.1) is 11.3 Å². The zero-order valence-electron chi connectivity index (χ0n) is 15.4. The molecular formula is C20H19FN2O3S2. The van der Waals surface area contributed by atoms with Gasteiger partial charge in [0.1, 0.15) is 5.82 Å². The molecule has 0 saturated carbocycles. The molecule has 0 unspecified atom stereocenters. The van der Waals surface area contributed by atoms with Gasteiger partial charge in [0.2, 0.25) is 5.91 Å². The van der Waals surface area contributed by atoms with E-state index in [-0.39, 0.29) is 17.1 Å². The van der Waals surface area contributed by atoms with Crippen LogP contribution in [0.4, 0.5) is 9.52 Å². The summed E-state index contributed by atoms with van der Waals surface area (Å²) >= 11 is 1.28. The molecule has 146 valence electrons. The number of anilines is 1. The molecule has 2 aromatic carbocycles. The lowest BCUT2D eigenvalue weighted by Crippen LogP contribution is -2.17. The Morgan fingerprint density at radius 1 is 1.11 bits per heavy atom. The number of benzene rings is 2. The molecule has 0 radical (unpaired) electrons. The third kappa shape index (κ3) is 4.82. The monoisotopic (exact) mass is 418 g/mol. The van der Waals surface area contributed by atoms with E-state index in [0.717, 1.165) is 29.0 Å². The number of nitrogens with one attached hydrogen (secondary N) is 1. The van der Waals surface area contributed by atoms with E-state index in [1.807, 2.05) is 37.4 Å². The summed E-state index contributed by atoms with van der Waals surface area (Å²) in [5, 5.41) is 4.89. The van der Waals surface area contributed by atoms with Crippen LogP contribution >= 0.6 is 11.3 Å². The zero-order chi connectivity index (χ0) is 20.3. The molecule has 1 aromatic heterocycles. The van der Waals surface area contributed by atoms with Crippen molar-refractivity contribution in [2.45, 2.75) is 25.2 Å². The van der Waals surface area contributed by atoms with Crippen LogP contribution in [-0.4, -0.2) is 25.1 Å². The lowest BCUT2D eigenvalue weighted by atomic mass is 10.1. The van der Waals surface area contributed by atoms with Gasteiger partial charge >= 0.3 is 0 Å². The van der Waals surface area contributed by atoms with E-state index in [0.29, 0.717) is 5.13 Å². The van der Waals surface area contributed by atoms with E-state index in [2.05, 4.69) is 10.3 Å². The molecule has 8 heteroatoms. The molecule has 0 bridgehead atoms. The molecular weight excluding hydrogens is 399 g/mol. The SMILES string of the molecule is Cc1ccc(-c2csc(NC(=O)CCS(=O)(=O)c3ccc(F)cc3)n2)cc1C. The largest absolute Gasteiger partial charge is 0.302 e. The average molecular weight is 419 g/mol. The number of thiazole rings is 1. The van der Waals surface area contributed by atoms with Gasteiger partial charge in [-0.1, -0.05) is 12.1 Å². The molecule has 0 aliphatic carbocycles. The van der Waals surface area contributed by atoms with Crippen LogP contribution in [0.2, 0.25) is 0 Å².